The highest BCUT2D eigenvalue weighted by Gasteiger charge is 2.34. The van der Waals surface area contributed by atoms with Gasteiger partial charge in [-0.3, -0.25) is 4.79 Å². The Hall–Kier alpha value is -0.610. The summed E-state index contributed by atoms with van der Waals surface area (Å²) in [7, 11) is 0. The Morgan fingerprint density at radius 1 is 1.39 bits per heavy atom. The van der Waals surface area contributed by atoms with Crippen molar-refractivity contribution in [3.8, 4) is 0 Å². The smallest absolute Gasteiger partial charge is 0.248 e. The first kappa shape index (κ1) is 13.8. The maximum absolute atomic E-state index is 12.0. The fraction of sp³-hybridized carbons (Fsp3) is 0.929. The minimum Gasteiger partial charge on any atom is -0.363 e. The summed E-state index contributed by atoms with van der Waals surface area (Å²) in [6.07, 6.45) is 2.28. The van der Waals surface area contributed by atoms with E-state index in [1.54, 1.807) is 0 Å². The highest BCUT2D eigenvalue weighted by atomic mass is 16.5. The number of carbonyl (C=O) groups excluding carboxylic acids is 1. The third kappa shape index (κ3) is 3.23. The molecule has 2 rings (SSSR count). The first-order valence-corrected chi connectivity index (χ1v) is 7.13. The second-order valence-electron chi connectivity index (χ2n) is 6.30. The van der Waals surface area contributed by atoms with Crippen LogP contribution in [0.3, 0.4) is 0 Å². The number of piperidine rings is 1. The molecule has 0 atom stereocenters. The Labute approximate surface area is 110 Å². The number of hydrogen-bond donors (Lipinski definition) is 1. The quantitative estimate of drug-likeness (QED) is 0.821. The molecular weight excluding hydrogens is 228 g/mol. The maximum Gasteiger partial charge on any atom is 0.248 e. The predicted octanol–water partition coefficient (Wildman–Crippen LogP) is 1.26. The molecule has 0 spiro atoms. The van der Waals surface area contributed by atoms with Crippen LogP contribution in [0, 0.1) is 11.8 Å². The Balaban J connectivity index is 1.70. The van der Waals surface area contributed by atoms with E-state index in [9.17, 15) is 4.79 Å². The summed E-state index contributed by atoms with van der Waals surface area (Å²) in [5, 5.41) is 3.17. The molecule has 1 amide bonds. The van der Waals surface area contributed by atoms with Gasteiger partial charge in [0.2, 0.25) is 5.91 Å². The molecule has 0 aliphatic carbocycles. The molecule has 18 heavy (non-hydrogen) atoms. The van der Waals surface area contributed by atoms with E-state index in [4.69, 9.17) is 4.74 Å². The van der Waals surface area contributed by atoms with E-state index in [0.717, 1.165) is 50.9 Å². The van der Waals surface area contributed by atoms with Crippen LogP contribution in [0.25, 0.3) is 0 Å². The van der Waals surface area contributed by atoms with Crippen molar-refractivity contribution >= 4 is 5.91 Å². The van der Waals surface area contributed by atoms with Crippen molar-refractivity contribution in [1.29, 1.82) is 0 Å². The lowest BCUT2D eigenvalue weighted by atomic mass is 9.87. The van der Waals surface area contributed by atoms with Gasteiger partial charge in [0.05, 0.1) is 5.60 Å². The van der Waals surface area contributed by atoms with Crippen LogP contribution in [-0.4, -0.2) is 49.2 Å². The first-order chi connectivity index (χ1) is 8.50. The van der Waals surface area contributed by atoms with Gasteiger partial charge in [-0.05, 0) is 31.6 Å². The van der Waals surface area contributed by atoms with Crippen LogP contribution in [0.5, 0.6) is 0 Å². The van der Waals surface area contributed by atoms with E-state index in [-0.39, 0.29) is 18.1 Å². The van der Waals surface area contributed by atoms with Crippen LogP contribution in [0.1, 0.15) is 33.6 Å². The van der Waals surface area contributed by atoms with Crippen LogP contribution in [0.4, 0.5) is 0 Å². The summed E-state index contributed by atoms with van der Waals surface area (Å²) in [5.74, 6) is 1.67. The van der Waals surface area contributed by atoms with E-state index in [0.29, 0.717) is 0 Å². The molecule has 0 radical (unpaired) electrons. The fourth-order valence-electron chi connectivity index (χ4n) is 2.72. The monoisotopic (exact) mass is 254 g/mol. The Morgan fingerprint density at radius 2 is 2.00 bits per heavy atom. The molecule has 2 aliphatic rings. The summed E-state index contributed by atoms with van der Waals surface area (Å²) in [4.78, 5) is 14.0. The molecule has 0 saturated carbocycles. The van der Waals surface area contributed by atoms with E-state index >= 15 is 0 Å². The molecule has 4 nitrogen and oxygen atoms in total. The zero-order valence-electron chi connectivity index (χ0n) is 11.9. The zero-order chi connectivity index (χ0) is 13.2. The van der Waals surface area contributed by atoms with Gasteiger partial charge in [-0.1, -0.05) is 13.8 Å². The number of rotatable bonds is 4. The second-order valence-corrected chi connectivity index (χ2v) is 6.30. The van der Waals surface area contributed by atoms with Crippen molar-refractivity contribution in [2.45, 2.75) is 39.2 Å². The number of hydrogen-bond acceptors (Lipinski definition) is 3. The minimum atomic E-state index is -0.119. The van der Waals surface area contributed by atoms with E-state index in [1.165, 1.54) is 0 Å². The van der Waals surface area contributed by atoms with Crippen LogP contribution >= 0.6 is 0 Å². The Bertz CT molecular complexity index is 292. The Kier molecular flexibility index (Phi) is 4.28. The number of nitrogens with zero attached hydrogens (tertiary/aromatic N) is 1. The Morgan fingerprint density at radius 3 is 2.44 bits per heavy atom. The molecule has 0 aromatic carbocycles. The largest absolute Gasteiger partial charge is 0.363 e. The topological polar surface area (TPSA) is 41.6 Å². The summed E-state index contributed by atoms with van der Waals surface area (Å²) >= 11 is 0. The summed E-state index contributed by atoms with van der Waals surface area (Å²) in [6, 6.07) is 0. The number of nitrogens with one attached hydrogen (secondary N) is 1. The van der Waals surface area contributed by atoms with Gasteiger partial charge in [0.25, 0.3) is 0 Å². The van der Waals surface area contributed by atoms with Gasteiger partial charge in [-0.25, -0.2) is 0 Å². The normalized spacial score (nSPS) is 24.1. The zero-order valence-corrected chi connectivity index (χ0v) is 11.9. The average molecular weight is 254 g/mol. The van der Waals surface area contributed by atoms with Gasteiger partial charge in [-0.15, -0.1) is 0 Å². The lowest BCUT2D eigenvalue weighted by Gasteiger charge is -2.40. The molecular formula is C14H26N2O2. The van der Waals surface area contributed by atoms with E-state index in [2.05, 4.69) is 26.1 Å². The predicted molar refractivity (Wildman–Crippen MR) is 71.4 cm³/mol. The summed E-state index contributed by atoms with van der Waals surface area (Å²) in [5.41, 5.74) is -0.119. The van der Waals surface area contributed by atoms with Crippen molar-refractivity contribution < 1.29 is 9.53 Å². The van der Waals surface area contributed by atoms with Crippen LogP contribution in [0.2, 0.25) is 0 Å². The van der Waals surface area contributed by atoms with Crippen molar-refractivity contribution in [3.05, 3.63) is 0 Å². The van der Waals surface area contributed by atoms with Gasteiger partial charge in [0.15, 0.2) is 0 Å². The lowest BCUT2D eigenvalue weighted by molar-refractivity contribution is -0.147. The molecule has 104 valence electrons. The van der Waals surface area contributed by atoms with Gasteiger partial charge in [-0.2, -0.15) is 0 Å². The highest BCUT2D eigenvalue weighted by molar-refractivity contribution is 5.77. The standard InChI is InChI=1S/C14H26N2O2/c1-11(2)12-4-6-16(7-5-12)13(17)8-18-14(3)9-15-10-14/h11-12,15H,4-10H2,1-3H3. The summed E-state index contributed by atoms with van der Waals surface area (Å²) < 4.78 is 5.70. The molecule has 4 heteroatoms. The van der Waals surface area contributed by atoms with Gasteiger partial charge in [0, 0.05) is 26.2 Å². The highest BCUT2D eigenvalue weighted by Crippen LogP contribution is 2.24. The molecule has 2 fully saturated rings. The molecule has 0 unspecified atom stereocenters. The van der Waals surface area contributed by atoms with Crippen LogP contribution < -0.4 is 5.32 Å². The van der Waals surface area contributed by atoms with Gasteiger partial charge in [0.1, 0.15) is 6.61 Å². The molecule has 0 aromatic heterocycles. The van der Waals surface area contributed by atoms with E-state index < -0.39 is 0 Å². The van der Waals surface area contributed by atoms with Gasteiger partial charge < -0.3 is 15.0 Å². The van der Waals surface area contributed by atoms with Crippen molar-refractivity contribution in [3.63, 3.8) is 0 Å². The second kappa shape index (κ2) is 5.57. The molecule has 2 aliphatic heterocycles. The van der Waals surface area contributed by atoms with Crippen molar-refractivity contribution in [2.24, 2.45) is 11.8 Å². The van der Waals surface area contributed by atoms with Crippen molar-refractivity contribution in [2.75, 3.05) is 32.8 Å². The molecule has 1 N–H and O–H groups in total. The van der Waals surface area contributed by atoms with Gasteiger partial charge >= 0.3 is 0 Å². The third-order valence-corrected chi connectivity index (χ3v) is 4.38. The third-order valence-electron chi connectivity index (χ3n) is 4.38. The molecule has 2 heterocycles. The fourth-order valence-corrected chi connectivity index (χ4v) is 2.72. The average Bonchev–Trinajstić information content (AvgIpc) is 2.33. The molecule has 0 bridgehead atoms. The number of ether oxygens (including phenoxy) is 1. The number of likely N-dealkylation sites (tertiary alicyclic amines) is 1. The first-order valence-electron chi connectivity index (χ1n) is 7.13. The SMILES string of the molecule is CC(C)C1CCN(C(=O)COC2(C)CNC2)CC1. The molecule has 2 saturated heterocycles. The van der Waals surface area contributed by atoms with E-state index in [1.807, 2.05) is 4.90 Å². The summed E-state index contributed by atoms with van der Waals surface area (Å²) in [6.45, 7) is 10.4. The van der Waals surface area contributed by atoms with Crippen LogP contribution in [0.15, 0.2) is 0 Å². The van der Waals surface area contributed by atoms with Crippen molar-refractivity contribution in [1.82, 2.24) is 10.2 Å². The molecule has 0 aromatic rings. The number of carbonyl (C=O) groups is 1. The minimum absolute atomic E-state index is 0.119. The van der Waals surface area contributed by atoms with Crippen LogP contribution in [-0.2, 0) is 9.53 Å². The maximum atomic E-state index is 12.0. The lowest BCUT2D eigenvalue weighted by Crippen LogP contribution is -2.59. The number of amides is 1.